The first-order valence-electron chi connectivity index (χ1n) is 8.04. The number of sulfone groups is 1. The molecule has 1 aliphatic carbocycles. The predicted octanol–water partition coefficient (Wildman–Crippen LogP) is 3.16. The topological polar surface area (TPSA) is 80.5 Å². The molecule has 0 radical (unpaired) electrons. The van der Waals surface area contributed by atoms with Gasteiger partial charge in [0.1, 0.15) is 4.90 Å². The second kappa shape index (κ2) is 5.78. The molecule has 1 heterocycles. The highest BCUT2D eigenvalue weighted by Gasteiger charge is 2.39. The van der Waals surface area contributed by atoms with Crippen molar-refractivity contribution in [3.8, 4) is 0 Å². The van der Waals surface area contributed by atoms with E-state index in [1.165, 1.54) is 44.2 Å². The second-order valence-electron chi connectivity index (χ2n) is 6.91. The fourth-order valence-electron chi connectivity index (χ4n) is 4.01. The fourth-order valence-corrected chi connectivity index (χ4v) is 4.87. The Labute approximate surface area is 136 Å². The third kappa shape index (κ3) is 3.20. The minimum atomic E-state index is -3.63. The lowest BCUT2D eigenvalue weighted by molar-refractivity contribution is -0.387. The van der Waals surface area contributed by atoms with Gasteiger partial charge in [0.05, 0.1) is 4.92 Å². The molecule has 3 rings (SSSR count). The zero-order valence-corrected chi connectivity index (χ0v) is 14.1. The molecule has 23 heavy (non-hydrogen) atoms. The number of rotatable bonds is 3. The van der Waals surface area contributed by atoms with E-state index >= 15 is 0 Å². The summed E-state index contributed by atoms with van der Waals surface area (Å²) in [7, 11) is -3.63. The largest absolute Gasteiger partial charge is 0.371 e. The number of nitro benzene ring substituents is 1. The van der Waals surface area contributed by atoms with Crippen LogP contribution in [-0.4, -0.2) is 32.7 Å². The Morgan fingerprint density at radius 1 is 1.17 bits per heavy atom. The summed E-state index contributed by atoms with van der Waals surface area (Å²) in [6.07, 6.45) is 8.44. The lowest BCUT2D eigenvalue weighted by atomic mass is 9.73. The Morgan fingerprint density at radius 3 is 2.48 bits per heavy atom. The molecule has 1 spiro atoms. The summed E-state index contributed by atoms with van der Waals surface area (Å²) in [6.45, 7) is 1.81. The van der Waals surface area contributed by atoms with Crippen molar-refractivity contribution < 1.29 is 13.3 Å². The van der Waals surface area contributed by atoms with Crippen molar-refractivity contribution in [2.24, 2.45) is 5.41 Å². The monoisotopic (exact) mass is 338 g/mol. The smallest absolute Gasteiger partial charge is 0.288 e. The Kier molecular flexibility index (Phi) is 4.08. The van der Waals surface area contributed by atoms with Gasteiger partial charge < -0.3 is 4.90 Å². The van der Waals surface area contributed by atoms with Crippen molar-refractivity contribution in [3.63, 3.8) is 0 Å². The number of nitro groups is 1. The normalized spacial score (nSPS) is 20.8. The predicted molar refractivity (Wildman–Crippen MR) is 88.6 cm³/mol. The summed E-state index contributed by atoms with van der Waals surface area (Å²) in [4.78, 5) is 12.4. The van der Waals surface area contributed by atoms with E-state index in [9.17, 15) is 18.5 Å². The first-order chi connectivity index (χ1) is 10.8. The molecule has 0 amide bonds. The van der Waals surface area contributed by atoms with Crippen molar-refractivity contribution in [2.45, 2.75) is 43.4 Å². The molecule has 1 saturated heterocycles. The minimum absolute atomic E-state index is 0.190. The molecule has 0 aromatic heterocycles. The number of hydrogen-bond acceptors (Lipinski definition) is 5. The number of nitrogens with zero attached hydrogens (tertiary/aromatic N) is 2. The average molecular weight is 338 g/mol. The Bertz CT molecular complexity index is 724. The van der Waals surface area contributed by atoms with Gasteiger partial charge in [-0.15, -0.1) is 0 Å². The van der Waals surface area contributed by atoms with Crippen LogP contribution in [-0.2, 0) is 9.84 Å². The lowest BCUT2D eigenvalue weighted by Crippen LogP contribution is -2.29. The molecule has 0 N–H and O–H groups in total. The van der Waals surface area contributed by atoms with E-state index in [0.717, 1.165) is 31.5 Å². The van der Waals surface area contributed by atoms with E-state index in [2.05, 4.69) is 4.90 Å². The van der Waals surface area contributed by atoms with Crippen molar-refractivity contribution >= 4 is 21.2 Å². The van der Waals surface area contributed by atoms with Crippen LogP contribution >= 0.6 is 0 Å². The maximum absolute atomic E-state index is 11.9. The van der Waals surface area contributed by atoms with Gasteiger partial charge in [-0.1, -0.05) is 19.3 Å². The van der Waals surface area contributed by atoms with Gasteiger partial charge in [-0.2, -0.15) is 0 Å². The Morgan fingerprint density at radius 2 is 1.87 bits per heavy atom. The molecule has 1 aromatic rings. The molecule has 6 nitrogen and oxygen atoms in total. The van der Waals surface area contributed by atoms with Gasteiger partial charge in [0, 0.05) is 31.1 Å². The standard InChI is InChI=1S/C16H22N2O4S/c1-23(21,22)15-11-13(5-6-14(15)18(19)20)17-10-9-16(12-17)7-3-2-4-8-16/h5-6,11H,2-4,7-10,12H2,1H3. The third-order valence-electron chi connectivity index (χ3n) is 5.26. The quantitative estimate of drug-likeness (QED) is 0.624. The highest BCUT2D eigenvalue weighted by atomic mass is 32.2. The molecular weight excluding hydrogens is 316 g/mol. The van der Waals surface area contributed by atoms with Crippen LogP contribution in [0, 0.1) is 15.5 Å². The summed E-state index contributed by atoms with van der Waals surface area (Å²) in [6, 6.07) is 4.46. The number of benzene rings is 1. The zero-order chi connectivity index (χ0) is 16.7. The maximum Gasteiger partial charge on any atom is 0.288 e. The van der Waals surface area contributed by atoms with Gasteiger partial charge in [-0.25, -0.2) is 8.42 Å². The molecule has 0 bridgehead atoms. The highest BCUT2D eigenvalue weighted by molar-refractivity contribution is 7.90. The molecule has 0 unspecified atom stereocenters. The van der Waals surface area contributed by atoms with Crippen LogP contribution in [0.15, 0.2) is 23.1 Å². The Balaban J connectivity index is 1.91. The van der Waals surface area contributed by atoms with E-state index < -0.39 is 14.8 Å². The summed E-state index contributed by atoms with van der Waals surface area (Å²) in [5.74, 6) is 0. The van der Waals surface area contributed by atoms with E-state index in [-0.39, 0.29) is 10.6 Å². The van der Waals surface area contributed by atoms with Crippen LogP contribution in [0.4, 0.5) is 11.4 Å². The van der Waals surface area contributed by atoms with Crippen LogP contribution in [0.2, 0.25) is 0 Å². The van der Waals surface area contributed by atoms with E-state index in [1.54, 1.807) is 6.07 Å². The van der Waals surface area contributed by atoms with Crippen LogP contribution in [0.25, 0.3) is 0 Å². The second-order valence-corrected chi connectivity index (χ2v) is 8.90. The molecule has 2 aliphatic rings. The van der Waals surface area contributed by atoms with Crippen molar-refractivity contribution in [3.05, 3.63) is 28.3 Å². The zero-order valence-electron chi connectivity index (χ0n) is 13.3. The van der Waals surface area contributed by atoms with Crippen molar-refractivity contribution in [1.82, 2.24) is 0 Å². The van der Waals surface area contributed by atoms with Crippen LogP contribution in [0.5, 0.6) is 0 Å². The van der Waals surface area contributed by atoms with E-state index in [4.69, 9.17) is 0 Å². The van der Waals surface area contributed by atoms with Crippen molar-refractivity contribution in [1.29, 1.82) is 0 Å². The van der Waals surface area contributed by atoms with Crippen molar-refractivity contribution in [2.75, 3.05) is 24.2 Å². The van der Waals surface area contributed by atoms with Gasteiger partial charge in [0.15, 0.2) is 9.84 Å². The van der Waals surface area contributed by atoms with Gasteiger partial charge >= 0.3 is 0 Å². The highest BCUT2D eigenvalue weighted by Crippen LogP contribution is 2.45. The van der Waals surface area contributed by atoms with E-state index in [0.29, 0.717) is 5.41 Å². The summed E-state index contributed by atoms with van der Waals surface area (Å²) >= 11 is 0. The van der Waals surface area contributed by atoms with Crippen LogP contribution in [0.3, 0.4) is 0 Å². The molecule has 0 atom stereocenters. The number of hydrogen-bond donors (Lipinski definition) is 0. The van der Waals surface area contributed by atoms with Crippen LogP contribution < -0.4 is 4.90 Å². The lowest BCUT2D eigenvalue weighted by Gasteiger charge is -2.33. The van der Waals surface area contributed by atoms with E-state index in [1.807, 2.05) is 0 Å². The summed E-state index contributed by atoms with van der Waals surface area (Å²) in [5, 5.41) is 11.1. The molecule has 2 fully saturated rings. The average Bonchev–Trinajstić information content (AvgIpc) is 2.90. The van der Waals surface area contributed by atoms with Gasteiger partial charge in [0.25, 0.3) is 5.69 Å². The third-order valence-corrected chi connectivity index (χ3v) is 6.38. The molecule has 1 aromatic carbocycles. The molecule has 126 valence electrons. The van der Waals surface area contributed by atoms with Gasteiger partial charge in [-0.05, 0) is 36.8 Å². The Hall–Kier alpha value is -1.63. The first kappa shape index (κ1) is 16.2. The maximum atomic E-state index is 11.9. The molecule has 1 saturated carbocycles. The van der Waals surface area contributed by atoms with Gasteiger partial charge in [-0.3, -0.25) is 10.1 Å². The molecule has 7 heteroatoms. The minimum Gasteiger partial charge on any atom is -0.371 e. The number of anilines is 1. The fraction of sp³-hybridized carbons (Fsp3) is 0.625. The summed E-state index contributed by atoms with van der Waals surface area (Å²) in [5.41, 5.74) is 0.784. The first-order valence-corrected chi connectivity index (χ1v) is 9.93. The molecular formula is C16H22N2O4S. The molecule has 1 aliphatic heterocycles. The SMILES string of the molecule is CS(=O)(=O)c1cc(N2CCC3(CCCCC3)C2)ccc1[N+](=O)[O-]. The van der Waals surface area contributed by atoms with Crippen LogP contribution in [0.1, 0.15) is 38.5 Å². The van der Waals surface area contributed by atoms with Gasteiger partial charge in [0.2, 0.25) is 0 Å². The summed E-state index contributed by atoms with van der Waals surface area (Å²) < 4.78 is 23.8.